The van der Waals surface area contributed by atoms with Crippen molar-refractivity contribution in [3.63, 3.8) is 0 Å². The number of imidazole rings is 1. The van der Waals surface area contributed by atoms with E-state index in [1.165, 1.54) is 0 Å². The zero-order valence-corrected chi connectivity index (χ0v) is 16.8. The molecule has 0 saturated carbocycles. The number of nitrogens with one attached hydrogen (secondary N) is 1. The Labute approximate surface area is 175 Å². The van der Waals surface area contributed by atoms with E-state index in [0.717, 1.165) is 42.1 Å². The molecule has 0 bridgehead atoms. The van der Waals surface area contributed by atoms with Crippen molar-refractivity contribution >= 4 is 24.0 Å². The number of aromatic nitrogens is 4. The molecule has 0 fully saturated rings. The molecule has 144 valence electrons. The van der Waals surface area contributed by atoms with Crippen molar-refractivity contribution in [2.75, 3.05) is 6.54 Å². The van der Waals surface area contributed by atoms with Gasteiger partial charge in [-0.25, -0.2) is 9.67 Å². The largest absolute Gasteiger partial charge is 0.336 e. The Kier molecular flexibility index (Phi) is 6.87. The Hall–Kier alpha value is -2.60. The van der Waals surface area contributed by atoms with E-state index in [-0.39, 0.29) is 12.4 Å². The monoisotopic (exact) mass is 413 g/mol. The van der Waals surface area contributed by atoms with Gasteiger partial charge >= 0.3 is 0 Å². The minimum absolute atomic E-state index is 0. The zero-order valence-electron chi connectivity index (χ0n) is 15.2. The van der Waals surface area contributed by atoms with E-state index in [4.69, 9.17) is 16.7 Å². The van der Waals surface area contributed by atoms with Gasteiger partial charge in [0.05, 0.1) is 17.7 Å². The van der Waals surface area contributed by atoms with Gasteiger partial charge in [0.25, 0.3) is 0 Å². The number of halogens is 2. The van der Waals surface area contributed by atoms with E-state index in [2.05, 4.69) is 21.1 Å². The second-order valence-corrected chi connectivity index (χ2v) is 6.71. The quantitative estimate of drug-likeness (QED) is 0.450. The molecule has 0 aliphatic heterocycles. The summed E-state index contributed by atoms with van der Waals surface area (Å²) in [7, 11) is 0. The third-order valence-corrected chi connectivity index (χ3v) is 4.57. The third kappa shape index (κ3) is 4.81. The van der Waals surface area contributed by atoms with Crippen LogP contribution in [0.25, 0.3) is 16.9 Å². The van der Waals surface area contributed by atoms with Gasteiger partial charge in [-0.3, -0.25) is 0 Å². The van der Waals surface area contributed by atoms with Gasteiger partial charge in [-0.15, -0.1) is 12.4 Å². The summed E-state index contributed by atoms with van der Waals surface area (Å²) >= 11 is 6.20. The number of nitrogens with zero attached hydrogens (tertiary/aromatic N) is 4. The lowest BCUT2D eigenvalue weighted by Crippen LogP contribution is -2.19. The van der Waals surface area contributed by atoms with Gasteiger partial charge in [-0.2, -0.15) is 5.10 Å². The fraction of sp³-hybridized carbons (Fsp3) is 0.143. The van der Waals surface area contributed by atoms with Crippen LogP contribution >= 0.6 is 24.0 Å². The maximum Gasteiger partial charge on any atom is 0.0973 e. The molecule has 0 atom stereocenters. The van der Waals surface area contributed by atoms with Crippen LogP contribution in [0.2, 0.25) is 5.02 Å². The first kappa shape index (κ1) is 20.1. The highest BCUT2D eigenvalue weighted by atomic mass is 35.5. The van der Waals surface area contributed by atoms with Gasteiger partial charge in [0.1, 0.15) is 0 Å². The van der Waals surface area contributed by atoms with Crippen LogP contribution < -0.4 is 5.32 Å². The van der Waals surface area contributed by atoms with Gasteiger partial charge in [0.15, 0.2) is 0 Å². The zero-order chi connectivity index (χ0) is 18.5. The van der Waals surface area contributed by atoms with Crippen molar-refractivity contribution < 1.29 is 0 Å². The summed E-state index contributed by atoms with van der Waals surface area (Å²) in [6.45, 7) is 2.45. The Bertz CT molecular complexity index is 997. The molecule has 0 aliphatic carbocycles. The Balaban J connectivity index is 0.00000225. The Morgan fingerprint density at radius 3 is 2.64 bits per heavy atom. The lowest BCUT2D eigenvalue weighted by atomic mass is 10.1. The number of hydrogen-bond donors (Lipinski definition) is 1. The van der Waals surface area contributed by atoms with Crippen LogP contribution in [0.4, 0.5) is 0 Å². The fourth-order valence-corrected chi connectivity index (χ4v) is 3.17. The summed E-state index contributed by atoms with van der Waals surface area (Å²) in [5, 5.41) is 9.03. The first-order valence-electron chi connectivity index (χ1n) is 8.86. The van der Waals surface area contributed by atoms with Crippen LogP contribution in [-0.4, -0.2) is 25.9 Å². The van der Waals surface area contributed by atoms with Crippen LogP contribution in [0.1, 0.15) is 5.56 Å². The van der Waals surface area contributed by atoms with E-state index in [1.54, 1.807) is 6.20 Å². The molecule has 28 heavy (non-hydrogen) atoms. The van der Waals surface area contributed by atoms with Crippen molar-refractivity contribution in [3.8, 4) is 16.9 Å². The molecule has 1 N–H and O–H groups in total. The Morgan fingerprint density at radius 1 is 1.04 bits per heavy atom. The Morgan fingerprint density at radius 2 is 1.89 bits per heavy atom. The lowest BCUT2D eigenvalue weighted by molar-refractivity contribution is 0.597. The van der Waals surface area contributed by atoms with Gasteiger partial charge in [0, 0.05) is 54.4 Å². The van der Waals surface area contributed by atoms with E-state index in [0.29, 0.717) is 5.02 Å². The van der Waals surface area contributed by atoms with Gasteiger partial charge in [-0.05, 0) is 24.3 Å². The predicted octanol–water partition coefficient (Wildman–Crippen LogP) is 4.60. The SMILES string of the molecule is Cl.Clc1cccc(-c2nn(-c3ccccc3)cc2CNCCn2ccnc2)c1. The molecule has 0 aliphatic rings. The summed E-state index contributed by atoms with van der Waals surface area (Å²) < 4.78 is 3.97. The number of benzene rings is 2. The van der Waals surface area contributed by atoms with Crippen LogP contribution in [0.15, 0.2) is 79.5 Å². The summed E-state index contributed by atoms with van der Waals surface area (Å²) in [4.78, 5) is 4.07. The molecule has 5 nitrogen and oxygen atoms in total. The van der Waals surface area contributed by atoms with E-state index in [1.807, 2.05) is 71.8 Å². The molecule has 2 aromatic carbocycles. The number of hydrogen-bond acceptors (Lipinski definition) is 3. The summed E-state index contributed by atoms with van der Waals surface area (Å²) in [6, 6.07) is 17.9. The molecule has 7 heteroatoms. The number of para-hydroxylation sites is 1. The van der Waals surface area contributed by atoms with Crippen LogP contribution in [0.3, 0.4) is 0 Å². The normalized spacial score (nSPS) is 10.6. The molecule has 2 aromatic heterocycles. The lowest BCUT2D eigenvalue weighted by Gasteiger charge is -2.06. The molecular weight excluding hydrogens is 393 g/mol. The molecular formula is C21H21Cl2N5. The molecule has 0 unspecified atom stereocenters. The van der Waals surface area contributed by atoms with Crippen molar-refractivity contribution in [2.24, 2.45) is 0 Å². The highest BCUT2D eigenvalue weighted by Crippen LogP contribution is 2.26. The van der Waals surface area contributed by atoms with Gasteiger partial charge in [0.2, 0.25) is 0 Å². The molecule has 2 heterocycles. The second kappa shape index (κ2) is 9.55. The fourth-order valence-electron chi connectivity index (χ4n) is 2.98. The summed E-state index contributed by atoms with van der Waals surface area (Å²) in [5.74, 6) is 0. The summed E-state index contributed by atoms with van der Waals surface area (Å²) in [6.07, 6.45) is 7.66. The molecule has 0 saturated heterocycles. The van der Waals surface area contributed by atoms with Crippen LogP contribution in [-0.2, 0) is 13.1 Å². The first-order valence-corrected chi connectivity index (χ1v) is 9.24. The maximum atomic E-state index is 6.20. The van der Waals surface area contributed by atoms with Crippen molar-refractivity contribution in [2.45, 2.75) is 13.1 Å². The molecule has 0 radical (unpaired) electrons. The minimum Gasteiger partial charge on any atom is -0.336 e. The summed E-state index contributed by atoms with van der Waals surface area (Å²) in [5.41, 5.74) is 4.12. The molecule has 0 amide bonds. The van der Waals surface area contributed by atoms with Gasteiger partial charge < -0.3 is 9.88 Å². The third-order valence-electron chi connectivity index (χ3n) is 4.33. The minimum atomic E-state index is 0. The highest BCUT2D eigenvalue weighted by Gasteiger charge is 2.12. The van der Waals surface area contributed by atoms with Crippen LogP contribution in [0, 0.1) is 0 Å². The van der Waals surface area contributed by atoms with Crippen molar-refractivity contribution in [1.82, 2.24) is 24.6 Å². The second-order valence-electron chi connectivity index (χ2n) is 6.27. The first-order chi connectivity index (χ1) is 13.3. The predicted molar refractivity (Wildman–Crippen MR) is 115 cm³/mol. The smallest absolute Gasteiger partial charge is 0.0973 e. The molecule has 4 aromatic rings. The van der Waals surface area contributed by atoms with E-state index in [9.17, 15) is 0 Å². The standard InChI is InChI=1S/C21H20ClN5.ClH/c22-19-6-4-5-17(13-19)21-18(14-23-9-11-26-12-10-24-16-26)15-27(25-21)20-7-2-1-3-8-20;/h1-8,10,12-13,15-16,23H,9,11,14H2;1H. The topological polar surface area (TPSA) is 47.7 Å². The van der Waals surface area contributed by atoms with Gasteiger partial charge in [-0.1, -0.05) is 41.9 Å². The van der Waals surface area contributed by atoms with E-state index < -0.39 is 0 Å². The molecule has 0 spiro atoms. The molecule has 4 rings (SSSR count). The number of rotatable bonds is 7. The van der Waals surface area contributed by atoms with Crippen LogP contribution in [0.5, 0.6) is 0 Å². The average Bonchev–Trinajstić information content (AvgIpc) is 3.36. The van der Waals surface area contributed by atoms with E-state index >= 15 is 0 Å². The van der Waals surface area contributed by atoms with Crippen molar-refractivity contribution in [3.05, 3.63) is 90.1 Å². The average molecular weight is 414 g/mol. The van der Waals surface area contributed by atoms with Crippen molar-refractivity contribution in [1.29, 1.82) is 0 Å². The highest BCUT2D eigenvalue weighted by molar-refractivity contribution is 6.30. The maximum absolute atomic E-state index is 6.20.